The third kappa shape index (κ3) is 5.29. The Kier molecular flexibility index (Phi) is 7.04. The van der Waals surface area contributed by atoms with E-state index in [1.54, 1.807) is 12.1 Å². The monoisotopic (exact) mass is 482 g/mol. The number of nitrogens with zero attached hydrogens (tertiary/aromatic N) is 2. The lowest BCUT2D eigenvalue weighted by Crippen LogP contribution is -2.48. The molecule has 0 saturated heterocycles. The summed E-state index contributed by atoms with van der Waals surface area (Å²) in [4.78, 5) is 10.2. The molecule has 0 aromatic heterocycles. The largest absolute Gasteiger partial charge is 0.385 e. The highest BCUT2D eigenvalue weighted by atomic mass is 32.2. The highest BCUT2D eigenvalue weighted by Crippen LogP contribution is 2.38. The second-order valence-electron chi connectivity index (χ2n) is 11.1. The van der Waals surface area contributed by atoms with E-state index >= 15 is 0 Å². The van der Waals surface area contributed by atoms with Crippen molar-refractivity contribution in [3.8, 4) is 5.75 Å². The number of nitrogens with one attached hydrogen (secondary N) is 2. The predicted octanol–water partition coefficient (Wildman–Crippen LogP) is 5.54. The Hall–Kier alpha value is -2.41. The van der Waals surface area contributed by atoms with Crippen molar-refractivity contribution in [3.63, 3.8) is 0 Å². The Morgan fingerprint density at radius 2 is 1.82 bits per heavy atom. The number of hydrogen-bond acceptors (Lipinski definition) is 5. The van der Waals surface area contributed by atoms with Crippen molar-refractivity contribution in [2.75, 3.05) is 0 Å². The van der Waals surface area contributed by atoms with Gasteiger partial charge in [-0.05, 0) is 49.7 Å². The summed E-state index contributed by atoms with van der Waals surface area (Å²) in [5.41, 5.74) is 3.49. The van der Waals surface area contributed by atoms with Crippen molar-refractivity contribution in [1.29, 1.82) is 0 Å². The van der Waals surface area contributed by atoms with E-state index in [1.807, 2.05) is 18.2 Å². The average molecular weight is 483 g/mol. The van der Waals surface area contributed by atoms with Crippen molar-refractivity contribution < 1.29 is 8.39 Å². The molecule has 0 bridgehead atoms. The van der Waals surface area contributed by atoms with Crippen molar-refractivity contribution in [1.82, 2.24) is 10.0 Å². The fourth-order valence-electron chi connectivity index (χ4n) is 5.35. The van der Waals surface area contributed by atoms with Gasteiger partial charge in [-0.25, -0.2) is 9.98 Å². The fraction of sp³-hybridized carbons (Fsp3) is 0.556. The summed E-state index contributed by atoms with van der Waals surface area (Å²) in [6.07, 6.45) is 4.07. The molecule has 4 rings (SSSR count). The number of rotatable bonds is 5. The molecule has 0 amide bonds. The van der Waals surface area contributed by atoms with Crippen LogP contribution in [0.25, 0.3) is 0 Å². The predicted molar refractivity (Wildman–Crippen MR) is 141 cm³/mol. The van der Waals surface area contributed by atoms with Gasteiger partial charge in [0.2, 0.25) is 0 Å². The van der Waals surface area contributed by atoms with Gasteiger partial charge in [0.15, 0.2) is 5.84 Å². The van der Waals surface area contributed by atoms with Crippen LogP contribution >= 0.6 is 0 Å². The molecule has 1 aliphatic carbocycles. The van der Waals surface area contributed by atoms with Gasteiger partial charge in [-0.1, -0.05) is 71.4 Å². The quantitative estimate of drug-likeness (QED) is 0.541. The van der Waals surface area contributed by atoms with Gasteiger partial charge in [0.05, 0.1) is 0 Å². The molecule has 2 aliphatic heterocycles. The van der Waals surface area contributed by atoms with Crippen LogP contribution in [0, 0.1) is 29.1 Å². The standard InChI is InChI=1S/C27H38N4O2S/c1-16-13-17(2)19(4)21(14-16)24-29-25-22(15-18(3)23(28-25)27(5,6)7)26(30-24)31-34(32)33-20-11-9-8-10-12-20/h8-12,14,17-19,21,24,30-31H,13,15H2,1-7H3/t17-,18?,19?,21?,24+,34?/m0/s1. The summed E-state index contributed by atoms with van der Waals surface area (Å²) in [5.74, 6) is 3.56. The average Bonchev–Trinajstić information content (AvgIpc) is 2.76. The molecule has 2 heterocycles. The van der Waals surface area contributed by atoms with E-state index in [0.717, 1.165) is 30.0 Å². The second-order valence-corrected chi connectivity index (χ2v) is 12.0. The van der Waals surface area contributed by atoms with E-state index in [1.165, 1.54) is 5.57 Å². The van der Waals surface area contributed by atoms with E-state index in [0.29, 0.717) is 23.4 Å². The van der Waals surface area contributed by atoms with Crippen LogP contribution in [0.1, 0.15) is 61.3 Å². The molecule has 0 spiro atoms. The first-order valence-corrected chi connectivity index (χ1v) is 13.4. The smallest absolute Gasteiger partial charge is 0.317 e. The van der Waals surface area contributed by atoms with Gasteiger partial charge in [0.1, 0.15) is 17.7 Å². The van der Waals surface area contributed by atoms with E-state index in [-0.39, 0.29) is 23.4 Å². The Morgan fingerprint density at radius 3 is 2.50 bits per heavy atom. The number of allylic oxidation sites excluding steroid dienone is 1. The summed E-state index contributed by atoms with van der Waals surface area (Å²) in [7, 11) is 0. The molecule has 6 nitrogen and oxygen atoms in total. The number of aliphatic imine (C=N–C) groups is 2. The molecule has 4 unspecified atom stereocenters. The van der Waals surface area contributed by atoms with Crippen LogP contribution < -0.4 is 14.2 Å². The lowest BCUT2D eigenvalue weighted by atomic mass is 9.73. The first-order valence-electron chi connectivity index (χ1n) is 12.3. The van der Waals surface area contributed by atoms with Gasteiger partial charge in [-0.2, -0.15) is 4.21 Å². The molecule has 1 aromatic carbocycles. The number of para-hydroxylation sites is 1. The summed E-state index contributed by atoms with van der Waals surface area (Å²) in [6, 6.07) is 9.21. The van der Waals surface area contributed by atoms with Crippen LogP contribution in [-0.2, 0) is 11.3 Å². The molecular weight excluding hydrogens is 444 g/mol. The molecule has 0 radical (unpaired) electrons. The van der Waals surface area contributed by atoms with Gasteiger partial charge in [-0.3, -0.25) is 4.72 Å². The Bertz CT molecular complexity index is 1070. The van der Waals surface area contributed by atoms with Crippen LogP contribution in [0.5, 0.6) is 5.75 Å². The SMILES string of the molecule is CC1=CC([C@@H]2N=C3N=C(C(C)(C)C)C(C)CC3=C(NS(=O)Oc3ccccc3)N2)C(C)[C@@H](C)C1. The van der Waals surface area contributed by atoms with Gasteiger partial charge in [0.25, 0.3) is 0 Å². The maximum Gasteiger partial charge on any atom is 0.317 e. The zero-order valence-corrected chi connectivity index (χ0v) is 22.2. The highest BCUT2D eigenvalue weighted by Gasteiger charge is 2.39. The molecule has 0 saturated carbocycles. The molecular formula is C27H38N4O2S. The molecule has 3 aliphatic rings. The summed E-state index contributed by atoms with van der Waals surface area (Å²) in [5, 5.41) is 3.58. The first-order chi connectivity index (χ1) is 16.0. The summed E-state index contributed by atoms with van der Waals surface area (Å²) >= 11 is -1.75. The van der Waals surface area contributed by atoms with Crippen LogP contribution in [0.2, 0.25) is 0 Å². The highest BCUT2D eigenvalue weighted by molar-refractivity contribution is 7.78. The Morgan fingerprint density at radius 1 is 1.12 bits per heavy atom. The third-order valence-corrected chi connectivity index (χ3v) is 7.90. The topological polar surface area (TPSA) is 75.1 Å². The molecule has 7 heteroatoms. The molecule has 0 fully saturated rings. The maximum absolute atomic E-state index is 12.9. The van der Waals surface area contributed by atoms with Crippen LogP contribution in [0.3, 0.4) is 0 Å². The number of hydrogen-bond donors (Lipinski definition) is 2. The van der Waals surface area contributed by atoms with Gasteiger partial charge in [-0.15, -0.1) is 0 Å². The van der Waals surface area contributed by atoms with Crippen LogP contribution in [-0.4, -0.2) is 21.9 Å². The number of amidine groups is 1. The van der Waals surface area contributed by atoms with E-state index < -0.39 is 11.3 Å². The first kappa shape index (κ1) is 24.7. The fourth-order valence-corrected chi connectivity index (χ4v) is 6.03. The zero-order chi connectivity index (χ0) is 24.6. The van der Waals surface area contributed by atoms with Gasteiger partial charge in [0, 0.05) is 22.6 Å². The molecule has 2 N–H and O–H groups in total. The van der Waals surface area contributed by atoms with Gasteiger partial charge >= 0.3 is 11.3 Å². The van der Waals surface area contributed by atoms with Crippen molar-refractivity contribution >= 4 is 22.8 Å². The van der Waals surface area contributed by atoms with E-state index in [9.17, 15) is 4.21 Å². The Balaban J connectivity index is 1.69. The van der Waals surface area contributed by atoms with Crippen LogP contribution in [0.15, 0.2) is 63.4 Å². The minimum absolute atomic E-state index is 0.0379. The molecule has 1 aromatic rings. The number of benzene rings is 1. The van der Waals surface area contributed by atoms with Crippen molar-refractivity contribution in [3.05, 3.63) is 53.4 Å². The molecule has 34 heavy (non-hydrogen) atoms. The third-order valence-electron chi connectivity index (χ3n) is 7.19. The number of fused-ring (bicyclic) bond motifs is 1. The molecule has 184 valence electrons. The lowest BCUT2D eigenvalue weighted by molar-refractivity contribution is 0.235. The van der Waals surface area contributed by atoms with Crippen molar-refractivity contribution in [2.24, 2.45) is 39.1 Å². The summed E-state index contributed by atoms with van der Waals surface area (Å²) < 4.78 is 21.7. The summed E-state index contributed by atoms with van der Waals surface area (Å²) in [6.45, 7) is 15.6. The normalized spacial score (nSPS) is 30.3. The lowest BCUT2D eigenvalue weighted by Gasteiger charge is -2.40. The maximum atomic E-state index is 12.9. The van der Waals surface area contributed by atoms with E-state index in [2.05, 4.69) is 64.6 Å². The zero-order valence-electron chi connectivity index (χ0n) is 21.4. The minimum atomic E-state index is -1.75. The minimum Gasteiger partial charge on any atom is -0.385 e. The van der Waals surface area contributed by atoms with Crippen LogP contribution in [0.4, 0.5) is 0 Å². The van der Waals surface area contributed by atoms with Gasteiger partial charge < -0.3 is 9.50 Å². The Labute approximate surface area is 206 Å². The second kappa shape index (κ2) is 9.68. The van der Waals surface area contributed by atoms with Crippen molar-refractivity contribution in [2.45, 2.75) is 67.5 Å². The van der Waals surface area contributed by atoms with E-state index in [4.69, 9.17) is 14.2 Å². The molecule has 6 atom stereocenters.